The number of nitrogens with zero attached hydrogens (tertiary/aromatic N) is 4. The lowest BCUT2D eigenvalue weighted by molar-refractivity contribution is 0.0924. The molecule has 0 unspecified atom stereocenters. The van der Waals surface area contributed by atoms with Gasteiger partial charge in [0.15, 0.2) is 5.78 Å². The SMILES string of the molecule is Cc1cccc(N2CCN(CC(=O)c3c(N)n(Cc4ccccc4)c(=O)n(C)c3=O)CC2)c1. The second-order valence-corrected chi connectivity index (χ2v) is 8.50. The van der Waals surface area contributed by atoms with Gasteiger partial charge in [0.1, 0.15) is 11.4 Å². The van der Waals surface area contributed by atoms with Crippen molar-refractivity contribution in [2.45, 2.75) is 13.5 Å². The third-order valence-corrected chi connectivity index (χ3v) is 6.15. The summed E-state index contributed by atoms with van der Waals surface area (Å²) >= 11 is 0. The minimum atomic E-state index is -0.648. The zero-order valence-electron chi connectivity index (χ0n) is 19.0. The molecule has 3 aromatic rings. The molecule has 1 aliphatic rings. The summed E-state index contributed by atoms with van der Waals surface area (Å²) < 4.78 is 2.25. The van der Waals surface area contributed by atoms with Crippen molar-refractivity contribution in [3.63, 3.8) is 0 Å². The number of aryl methyl sites for hydroxylation is 1. The lowest BCUT2D eigenvalue weighted by Gasteiger charge is -2.35. The highest BCUT2D eigenvalue weighted by Crippen LogP contribution is 2.18. The molecule has 8 heteroatoms. The molecule has 1 aliphatic heterocycles. The van der Waals surface area contributed by atoms with E-state index in [1.807, 2.05) is 41.3 Å². The van der Waals surface area contributed by atoms with Gasteiger partial charge in [-0.15, -0.1) is 0 Å². The summed E-state index contributed by atoms with van der Waals surface area (Å²) in [5, 5.41) is 0. The van der Waals surface area contributed by atoms with Crippen LogP contribution in [-0.2, 0) is 13.6 Å². The van der Waals surface area contributed by atoms with E-state index in [0.29, 0.717) is 13.1 Å². The fraction of sp³-hybridized carbons (Fsp3) is 0.320. The van der Waals surface area contributed by atoms with Gasteiger partial charge in [-0.2, -0.15) is 0 Å². The van der Waals surface area contributed by atoms with Crippen molar-refractivity contribution < 1.29 is 4.79 Å². The fourth-order valence-electron chi connectivity index (χ4n) is 4.24. The van der Waals surface area contributed by atoms with Crippen molar-refractivity contribution in [3.05, 3.63) is 92.1 Å². The van der Waals surface area contributed by atoms with E-state index in [2.05, 4.69) is 30.0 Å². The highest BCUT2D eigenvalue weighted by molar-refractivity contribution is 6.01. The standard InChI is InChI=1S/C25H29N5O3/c1-18-7-6-10-20(15-18)29-13-11-28(12-14-29)17-21(31)22-23(26)30(25(33)27(2)24(22)32)16-19-8-4-3-5-9-19/h3-10,15H,11-14,16-17,26H2,1-2H3. The van der Waals surface area contributed by atoms with Crippen LogP contribution in [0.4, 0.5) is 11.5 Å². The Balaban J connectivity index is 1.51. The lowest BCUT2D eigenvalue weighted by Crippen LogP contribution is -2.49. The molecule has 0 aliphatic carbocycles. The molecule has 0 bridgehead atoms. The molecule has 0 saturated carbocycles. The van der Waals surface area contributed by atoms with Gasteiger partial charge in [0, 0.05) is 38.9 Å². The summed E-state index contributed by atoms with van der Waals surface area (Å²) in [5.41, 5.74) is 8.16. The third-order valence-electron chi connectivity index (χ3n) is 6.15. The number of nitrogen functional groups attached to an aromatic ring is 1. The number of Topliss-reactive ketones (excluding diaryl/α,β-unsaturated/α-hetero) is 1. The molecule has 0 amide bonds. The summed E-state index contributed by atoms with van der Waals surface area (Å²) in [5.74, 6) is -0.436. The van der Waals surface area contributed by atoms with Crippen LogP contribution in [0.3, 0.4) is 0 Å². The van der Waals surface area contributed by atoms with Crippen molar-refractivity contribution >= 4 is 17.3 Å². The second kappa shape index (κ2) is 9.46. The summed E-state index contributed by atoms with van der Waals surface area (Å²) in [6.07, 6.45) is 0. The molecule has 172 valence electrons. The molecule has 1 saturated heterocycles. The number of benzene rings is 2. The minimum absolute atomic E-state index is 0.0738. The Hall–Kier alpha value is -3.65. The largest absolute Gasteiger partial charge is 0.384 e. The number of hydrogen-bond donors (Lipinski definition) is 1. The number of carbonyl (C=O) groups is 1. The summed E-state index contributed by atoms with van der Waals surface area (Å²) in [4.78, 5) is 43.0. The van der Waals surface area contributed by atoms with Gasteiger partial charge in [-0.05, 0) is 30.2 Å². The number of piperazine rings is 1. The first-order chi connectivity index (χ1) is 15.8. The average Bonchev–Trinajstić information content (AvgIpc) is 2.82. The van der Waals surface area contributed by atoms with Gasteiger partial charge in [-0.3, -0.25) is 23.6 Å². The van der Waals surface area contributed by atoms with Crippen LogP contribution in [0.1, 0.15) is 21.5 Å². The number of aromatic nitrogens is 2. The molecular weight excluding hydrogens is 418 g/mol. The average molecular weight is 448 g/mol. The van der Waals surface area contributed by atoms with E-state index < -0.39 is 11.2 Å². The van der Waals surface area contributed by atoms with Gasteiger partial charge in [0.2, 0.25) is 0 Å². The Morgan fingerprint density at radius 3 is 2.33 bits per heavy atom. The summed E-state index contributed by atoms with van der Waals surface area (Å²) in [6, 6.07) is 17.7. The maximum atomic E-state index is 13.2. The van der Waals surface area contributed by atoms with Gasteiger partial charge in [0.25, 0.3) is 5.56 Å². The van der Waals surface area contributed by atoms with Crippen LogP contribution in [-0.4, -0.2) is 52.5 Å². The zero-order chi connectivity index (χ0) is 23.5. The fourth-order valence-corrected chi connectivity index (χ4v) is 4.24. The molecule has 4 rings (SSSR count). The third kappa shape index (κ3) is 4.75. The maximum absolute atomic E-state index is 13.2. The molecule has 2 heterocycles. The van der Waals surface area contributed by atoms with Crippen LogP contribution < -0.4 is 21.9 Å². The van der Waals surface area contributed by atoms with E-state index in [1.54, 1.807) is 0 Å². The molecule has 1 aromatic heterocycles. The Kier molecular flexibility index (Phi) is 6.46. The van der Waals surface area contributed by atoms with E-state index in [-0.39, 0.29) is 30.3 Å². The molecule has 33 heavy (non-hydrogen) atoms. The Morgan fingerprint density at radius 2 is 1.67 bits per heavy atom. The van der Waals surface area contributed by atoms with Crippen LogP contribution in [0.2, 0.25) is 0 Å². The predicted octanol–water partition coefficient (Wildman–Crippen LogP) is 1.49. The van der Waals surface area contributed by atoms with E-state index >= 15 is 0 Å². The van der Waals surface area contributed by atoms with Crippen LogP contribution in [0.25, 0.3) is 0 Å². The number of anilines is 2. The van der Waals surface area contributed by atoms with Gasteiger partial charge < -0.3 is 10.6 Å². The minimum Gasteiger partial charge on any atom is -0.384 e. The quantitative estimate of drug-likeness (QED) is 0.576. The Morgan fingerprint density at radius 1 is 0.970 bits per heavy atom. The monoisotopic (exact) mass is 447 g/mol. The van der Waals surface area contributed by atoms with Crippen LogP contribution in [0.5, 0.6) is 0 Å². The number of nitrogens with two attached hydrogens (primary N) is 1. The topological polar surface area (TPSA) is 93.6 Å². The first-order valence-electron chi connectivity index (χ1n) is 11.1. The smallest absolute Gasteiger partial charge is 0.332 e. The Labute approximate surface area is 192 Å². The van der Waals surface area contributed by atoms with E-state index in [1.165, 1.54) is 22.9 Å². The highest BCUT2D eigenvalue weighted by Gasteiger charge is 2.25. The van der Waals surface area contributed by atoms with Crippen molar-refractivity contribution in [3.8, 4) is 0 Å². The number of ketones is 1. The normalized spacial score (nSPS) is 14.4. The molecule has 1 fully saturated rings. The number of hydrogen-bond acceptors (Lipinski definition) is 6. The Bertz CT molecular complexity index is 1270. The van der Waals surface area contributed by atoms with Crippen molar-refractivity contribution in [1.82, 2.24) is 14.0 Å². The zero-order valence-corrected chi connectivity index (χ0v) is 19.0. The van der Waals surface area contributed by atoms with Gasteiger partial charge >= 0.3 is 5.69 Å². The first-order valence-corrected chi connectivity index (χ1v) is 11.1. The van der Waals surface area contributed by atoms with Crippen LogP contribution in [0.15, 0.2) is 64.2 Å². The van der Waals surface area contributed by atoms with E-state index in [9.17, 15) is 14.4 Å². The van der Waals surface area contributed by atoms with E-state index in [4.69, 9.17) is 5.73 Å². The summed E-state index contributed by atoms with van der Waals surface area (Å²) in [7, 11) is 1.38. The highest BCUT2D eigenvalue weighted by atomic mass is 16.2. The first kappa shape index (κ1) is 22.5. The van der Waals surface area contributed by atoms with Crippen LogP contribution in [0, 0.1) is 6.92 Å². The van der Waals surface area contributed by atoms with E-state index in [0.717, 1.165) is 23.2 Å². The molecular formula is C25H29N5O3. The molecule has 8 nitrogen and oxygen atoms in total. The number of rotatable bonds is 6. The van der Waals surface area contributed by atoms with Crippen molar-refractivity contribution in [2.24, 2.45) is 7.05 Å². The number of carbonyl (C=O) groups excluding carboxylic acids is 1. The van der Waals surface area contributed by atoms with Crippen molar-refractivity contribution in [1.29, 1.82) is 0 Å². The maximum Gasteiger partial charge on any atom is 0.332 e. The summed E-state index contributed by atoms with van der Waals surface area (Å²) in [6.45, 7) is 5.32. The molecule has 0 spiro atoms. The van der Waals surface area contributed by atoms with Gasteiger partial charge in [-0.25, -0.2) is 4.79 Å². The molecule has 0 atom stereocenters. The van der Waals surface area contributed by atoms with Crippen LogP contribution >= 0.6 is 0 Å². The van der Waals surface area contributed by atoms with Gasteiger partial charge in [0.05, 0.1) is 13.1 Å². The lowest BCUT2D eigenvalue weighted by atomic mass is 10.1. The predicted molar refractivity (Wildman–Crippen MR) is 130 cm³/mol. The molecule has 2 aromatic carbocycles. The van der Waals surface area contributed by atoms with Gasteiger partial charge in [-0.1, -0.05) is 42.5 Å². The molecule has 2 N–H and O–H groups in total. The second-order valence-electron chi connectivity index (χ2n) is 8.50. The molecule has 0 radical (unpaired) electrons. The van der Waals surface area contributed by atoms with Crippen molar-refractivity contribution in [2.75, 3.05) is 43.4 Å².